The van der Waals surface area contributed by atoms with E-state index in [0.717, 1.165) is 24.8 Å². The minimum absolute atomic E-state index is 0.0895. The molecule has 0 N–H and O–H groups in total. The molecule has 0 bridgehead atoms. The monoisotopic (exact) mass is 327 g/mol. The highest BCUT2D eigenvalue weighted by atomic mass is 79.9. The van der Waals surface area contributed by atoms with Crippen LogP contribution in [0.4, 0.5) is 4.39 Å². The maximum Gasteiger partial charge on any atom is 0.254 e. The number of benzene rings is 1. The van der Waals surface area contributed by atoms with Crippen molar-refractivity contribution in [3.63, 3.8) is 0 Å². The fourth-order valence-corrected chi connectivity index (χ4v) is 3.61. The molecule has 104 valence electrons. The van der Waals surface area contributed by atoms with Crippen LogP contribution in [-0.2, 0) is 0 Å². The quantitative estimate of drug-likeness (QED) is 0.754. The second-order valence-corrected chi connectivity index (χ2v) is 6.42. The molecular formula is C15H19BrFNO. The molecule has 2 nitrogen and oxygen atoms in total. The lowest BCUT2D eigenvalue weighted by molar-refractivity contribution is 0.0703. The average Bonchev–Trinajstić information content (AvgIpc) is 2.40. The van der Waals surface area contributed by atoms with E-state index in [1.165, 1.54) is 18.6 Å². The van der Waals surface area contributed by atoms with Gasteiger partial charge in [-0.05, 0) is 37.5 Å². The summed E-state index contributed by atoms with van der Waals surface area (Å²) in [5.74, 6) is -0.449. The van der Waals surface area contributed by atoms with Crippen LogP contribution in [0.3, 0.4) is 0 Å². The van der Waals surface area contributed by atoms with Crippen molar-refractivity contribution in [2.45, 2.75) is 43.5 Å². The highest BCUT2D eigenvalue weighted by molar-refractivity contribution is 9.09. The number of hydrogen-bond donors (Lipinski definition) is 0. The van der Waals surface area contributed by atoms with Gasteiger partial charge in [0.1, 0.15) is 5.82 Å². The Balaban J connectivity index is 2.20. The van der Waals surface area contributed by atoms with Crippen molar-refractivity contribution >= 4 is 21.8 Å². The summed E-state index contributed by atoms with van der Waals surface area (Å²) in [6.45, 7) is 1.84. The Labute approximate surface area is 122 Å². The molecule has 1 fully saturated rings. The number of aryl methyl sites for hydroxylation is 1. The van der Waals surface area contributed by atoms with E-state index in [0.29, 0.717) is 10.4 Å². The number of halogens is 2. The van der Waals surface area contributed by atoms with Gasteiger partial charge in [-0.2, -0.15) is 0 Å². The second-order valence-electron chi connectivity index (χ2n) is 5.24. The summed E-state index contributed by atoms with van der Waals surface area (Å²) in [4.78, 5) is 14.6. The van der Waals surface area contributed by atoms with E-state index in [2.05, 4.69) is 15.9 Å². The second kappa shape index (κ2) is 6.04. The minimum atomic E-state index is -0.360. The van der Waals surface area contributed by atoms with Gasteiger partial charge in [0.25, 0.3) is 5.91 Å². The van der Waals surface area contributed by atoms with Crippen molar-refractivity contribution in [3.05, 3.63) is 35.1 Å². The number of nitrogens with zero attached hydrogens (tertiary/aromatic N) is 1. The third kappa shape index (κ3) is 3.16. The van der Waals surface area contributed by atoms with Gasteiger partial charge in [-0.1, -0.05) is 34.8 Å². The van der Waals surface area contributed by atoms with Gasteiger partial charge in [-0.3, -0.25) is 4.79 Å². The maximum absolute atomic E-state index is 13.3. The van der Waals surface area contributed by atoms with E-state index in [1.54, 1.807) is 11.0 Å². The summed E-state index contributed by atoms with van der Waals surface area (Å²) in [6.07, 6.45) is 4.44. The first kappa shape index (κ1) is 14.5. The largest absolute Gasteiger partial charge is 0.338 e. The fraction of sp³-hybridized carbons (Fsp3) is 0.533. The van der Waals surface area contributed by atoms with Crippen molar-refractivity contribution in [2.75, 3.05) is 7.05 Å². The van der Waals surface area contributed by atoms with Gasteiger partial charge in [0.15, 0.2) is 0 Å². The summed E-state index contributed by atoms with van der Waals surface area (Å²) >= 11 is 3.66. The Morgan fingerprint density at radius 1 is 1.37 bits per heavy atom. The molecule has 2 atom stereocenters. The van der Waals surface area contributed by atoms with Crippen molar-refractivity contribution in [3.8, 4) is 0 Å². The zero-order valence-corrected chi connectivity index (χ0v) is 12.9. The number of carbonyl (C=O) groups is 1. The lowest BCUT2D eigenvalue weighted by atomic mass is 9.93. The van der Waals surface area contributed by atoms with Crippen molar-refractivity contribution in [1.82, 2.24) is 4.90 Å². The highest BCUT2D eigenvalue weighted by Crippen LogP contribution is 2.29. The van der Waals surface area contributed by atoms with Crippen LogP contribution >= 0.6 is 15.9 Å². The van der Waals surface area contributed by atoms with Gasteiger partial charge < -0.3 is 4.90 Å². The number of amides is 1. The lowest BCUT2D eigenvalue weighted by Gasteiger charge is -2.35. The summed E-state index contributed by atoms with van der Waals surface area (Å²) < 4.78 is 13.3. The molecule has 0 radical (unpaired) electrons. The van der Waals surface area contributed by atoms with E-state index in [4.69, 9.17) is 0 Å². The van der Waals surface area contributed by atoms with Crippen LogP contribution in [0.5, 0.6) is 0 Å². The van der Waals surface area contributed by atoms with E-state index in [9.17, 15) is 9.18 Å². The summed E-state index contributed by atoms with van der Waals surface area (Å²) in [5, 5.41) is 0. The van der Waals surface area contributed by atoms with Crippen LogP contribution in [-0.4, -0.2) is 28.7 Å². The van der Waals surface area contributed by atoms with E-state index in [-0.39, 0.29) is 17.8 Å². The van der Waals surface area contributed by atoms with Gasteiger partial charge in [0.2, 0.25) is 0 Å². The van der Waals surface area contributed by atoms with E-state index < -0.39 is 0 Å². The first-order valence-corrected chi connectivity index (χ1v) is 7.59. The smallest absolute Gasteiger partial charge is 0.254 e. The number of hydrogen-bond acceptors (Lipinski definition) is 1. The number of rotatable bonds is 2. The Morgan fingerprint density at radius 2 is 2.05 bits per heavy atom. The highest BCUT2D eigenvalue weighted by Gasteiger charge is 2.30. The molecule has 2 rings (SSSR count). The molecule has 0 saturated heterocycles. The van der Waals surface area contributed by atoms with E-state index >= 15 is 0 Å². The molecule has 19 heavy (non-hydrogen) atoms. The normalized spacial score (nSPS) is 23.2. The first-order chi connectivity index (χ1) is 9.00. The Hall–Kier alpha value is -0.900. The molecule has 0 spiro atoms. The molecule has 1 saturated carbocycles. The third-order valence-electron chi connectivity index (χ3n) is 3.90. The molecule has 1 aliphatic carbocycles. The van der Waals surface area contributed by atoms with Crippen molar-refractivity contribution < 1.29 is 9.18 Å². The van der Waals surface area contributed by atoms with Crippen LogP contribution in [0.15, 0.2) is 18.2 Å². The third-order valence-corrected chi connectivity index (χ3v) is 4.96. The summed E-state index contributed by atoms with van der Waals surface area (Å²) in [7, 11) is 1.82. The van der Waals surface area contributed by atoms with Crippen LogP contribution < -0.4 is 0 Å². The first-order valence-electron chi connectivity index (χ1n) is 6.68. The molecule has 1 aromatic rings. The lowest BCUT2D eigenvalue weighted by Crippen LogP contribution is -2.44. The van der Waals surface area contributed by atoms with E-state index in [1.807, 2.05) is 14.0 Å². The molecule has 1 aliphatic rings. The average molecular weight is 328 g/mol. The van der Waals surface area contributed by atoms with Crippen molar-refractivity contribution in [1.29, 1.82) is 0 Å². The minimum Gasteiger partial charge on any atom is -0.338 e. The molecule has 1 amide bonds. The standard InChI is InChI=1S/C15H19BrFNO/c1-10-7-8-11(17)9-12(10)15(19)18(2)14-6-4-3-5-13(14)16/h7-9,13-14H,3-6H2,1-2H3. The van der Waals surface area contributed by atoms with Crippen LogP contribution in [0.2, 0.25) is 0 Å². The van der Waals surface area contributed by atoms with Crippen LogP contribution in [0.25, 0.3) is 0 Å². The Morgan fingerprint density at radius 3 is 2.74 bits per heavy atom. The zero-order valence-electron chi connectivity index (χ0n) is 11.3. The van der Waals surface area contributed by atoms with Gasteiger partial charge in [-0.15, -0.1) is 0 Å². The Bertz CT molecular complexity index is 477. The van der Waals surface area contributed by atoms with Gasteiger partial charge in [0.05, 0.1) is 0 Å². The predicted molar refractivity (Wildman–Crippen MR) is 78.2 cm³/mol. The Kier molecular flexibility index (Phi) is 4.61. The van der Waals surface area contributed by atoms with Gasteiger partial charge in [0, 0.05) is 23.5 Å². The van der Waals surface area contributed by atoms with Gasteiger partial charge in [-0.25, -0.2) is 4.39 Å². The molecular weight excluding hydrogens is 309 g/mol. The summed E-state index contributed by atoms with van der Waals surface area (Å²) in [5.41, 5.74) is 1.29. The fourth-order valence-electron chi connectivity index (χ4n) is 2.67. The topological polar surface area (TPSA) is 20.3 Å². The predicted octanol–water partition coefficient (Wildman–Crippen LogP) is 3.91. The van der Waals surface area contributed by atoms with Crippen LogP contribution in [0.1, 0.15) is 41.6 Å². The molecule has 1 aromatic carbocycles. The SMILES string of the molecule is Cc1ccc(F)cc1C(=O)N(C)C1CCCCC1Br. The number of carbonyl (C=O) groups excluding carboxylic acids is 1. The number of alkyl halides is 1. The molecule has 0 aliphatic heterocycles. The van der Waals surface area contributed by atoms with Crippen LogP contribution in [0, 0.1) is 12.7 Å². The molecule has 2 unspecified atom stereocenters. The zero-order chi connectivity index (χ0) is 14.0. The maximum atomic E-state index is 13.3. The molecule has 0 aromatic heterocycles. The van der Waals surface area contributed by atoms with Crippen molar-refractivity contribution in [2.24, 2.45) is 0 Å². The summed E-state index contributed by atoms with van der Waals surface area (Å²) in [6, 6.07) is 4.58. The van der Waals surface area contributed by atoms with Gasteiger partial charge >= 0.3 is 0 Å². The molecule has 0 heterocycles. The molecule has 4 heteroatoms.